The minimum atomic E-state index is -1.09. The van der Waals surface area contributed by atoms with Crippen LogP contribution in [-0.2, 0) is 9.59 Å². The van der Waals surface area contributed by atoms with Crippen LogP contribution in [0.1, 0.15) is 42.6 Å². The Morgan fingerprint density at radius 1 is 1.23 bits per heavy atom. The minimum absolute atomic E-state index is 0.0120. The lowest BCUT2D eigenvalue weighted by atomic mass is 10.1. The number of carboxylic acid groups (broad SMARTS) is 2. The van der Waals surface area contributed by atoms with Gasteiger partial charge in [-0.15, -0.1) is 0 Å². The van der Waals surface area contributed by atoms with Gasteiger partial charge < -0.3 is 15.1 Å². The van der Waals surface area contributed by atoms with Crippen LogP contribution >= 0.6 is 0 Å². The zero-order chi connectivity index (χ0) is 16.9. The molecule has 6 heteroatoms. The van der Waals surface area contributed by atoms with Crippen LogP contribution in [0.25, 0.3) is 0 Å². The van der Waals surface area contributed by atoms with E-state index in [9.17, 15) is 14.4 Å². The van der Waals surface area contributed by atoms with Gasteiger partial charge in [-0.1, -0.05) is 19.9 Å². The number of carboxylic acids is 2. The van der Waals surface area contributed by atoms with Crippen LogP contribution in [0.4, 0.5) is 5.69 Å². The summed E-state index contributed by atoms with van der Waals surface area (Å²) in [5.74, 6) is -3.04. The van der Waals surface area contributed by atoms with E-state index in [1.54, 1.807) is 13.0 Å². The zero-order valence-corrected chi connectivity index (χ0v) is 13.0. The third kappa shape index (κ3) is 4.31. The molecule has 1 amide bonds. The smallest absolute Gasteiger partial charge is 0.335 e. The van der Waals surface area contributed by atoms with Gasteiger partial charge in [0.2, 0.25) is 5.91 Å². The predicted molar refractivity (Wildman–Crippen MR) is 82.2 cm³/mol. The van der Waals surface area contributed by atoms with Crippen molar-refractivity contribution >= 4 is 23.5 Å². The van der Waals surface area contributed by atoms with Crippen LogP contribution in [0, 0.1) is 12.8 Å². The van der Waals surface area contributed by atoms with Gasteiger partial charge in [-0.25, -0.2) is 4.79 Å². The van der Waals surface area contributed by atoms with Gasteiger partial charge >= 0.3 is 11.9 Å². The number of nitrogens with zero attached hydrogens (tertiary/aromatic N) is 1. The molecule has 0 fully saturated rings. The fourth-order valence-electron chi connectivity index (χ4n) is 2.07. The van der Waals surface area contributed by atoms with Crippen LogP contribution in [0.5, 0.6) is 0 Å². The van der Waals surface area contributed by atoms with Gasteiger partial charge in [0, 0.05) is 18.7 Å². The molecule has 0 spiro atoms. The van der Waals surface area contributed by atoms with E-state index < -0.39 is 17.9 Å². The van der Waals surface area contributed by atoms with Crippen molar-refractivity contribution in [3.63, 3.8) is 0 Å². The maximum absolute atomic E-state index is 12.3. The van der Waals surface area contributed by atoms with Gasteiger partial charge in [-0.3, -0.25) is 9.59 Å². The lowest BCUT2D eigenvalue weighted by Gasteiger charge is -2.26. The highest BCUT2D eigenvalue weighted by Crippen LogP contribution is 2.24. The summed E-state index contributed by atoms with van der Waals surface area (Å²) in [7, 11) is 0. The molecular weight excluding hydrogens is 286 g/mol. The van der Waals surface area contributed by atoms with Gasteiger partial charge in [0.1, 0.15) is 0 Å². The summed E-state index contributed by atoms with van der Waals surface area (Å²) < 4.78 is 0. The average molecular weight is 307 g/mol. The Balaban J connectivity index is 3.25. The Bertz CT molecular complexity index is 582. The maximum Gasteiger partial charge on any atom is 0.335 e. The summed E-state index contributed by atoms with van der Waals surface area (Å²) in [5.41, 5.74) is 1.25. The first-order valence-corrected chi connectivity index (χ1v) is 7.15. The van der Waals surface area contributed by atoms with Crippen molar-refractivity contribution in [1.29, 1.82) is 0 Å². The molecule has 0 aliphatic heterocycles. The number of carbonyl (C=O) groups excluding carboxylic acids is 1. The normalized spacial score (nSPS) is 11.8. The van der Waals surface area contributed by atoms with Gasteiger partial charge in [0.05, 0.1) is 11.5 Å². The SMILES string of the molecule is CCCC(=O)N(CC(C)C(=O)O)c1cc(C(=O)O)ccc1C. The van der Waals surface area contributed by atoms with Crippen molar-refractivity contribution in [2.75, 3.05) is 11.4 Å². The van der Waals surface area contributed by atoms with E-state index in [0.717, 1.165) is 5.56 Å². The number of aryl methyl sites for hydroxylation is 1. The first-order chi connectivity index (χ1) is 10.3. The lowest BCUT2D eigenvalue weighted by molar-refractivity contribution is -0.140. The summed E-state index contributed by atoms with van der Waals surface area (Å²) >= 11 is 0. The molecule has 1 unspecified atom stereocenters. The third-order valence-electron chi connectivity index (χ3n) is 3.39. The maximum atomic E-state index is 12.3. The van der Waals surface area contributed by atoms with Crippen molar-refractivity contribution in [2.45, 2.75) is 33.6 Å². The van der Waals surface area contributed by atoms with Crippen molar-refractivity contribution in [1.82, 2.24) is 0 Å². The quantitative estimate of drug-likeness (QED) is 0.807. The lowest BCUT2D eigenvalue weighted by Crippen LogP contribution is -2.37. The molecule has 0 aromatic heterocycles. The van der Waals surface area contributed by atoms with E-state index >= 15 is 0 Å². The Morgan fingerprint density at radius 3 is 2.36 bits per heavy atom. The Morgan fingerprint density at radius 2 is 1.86 bits per heavy atom. The predicted octanol–water partition coefficient (Wildman–Crippen LogP) is 2.55. The molecule has 1 aromatic carbocycles. The van der Waals surface area contributed by atoms with Crippen LogP contribution < -0.4 is 4.90 Å². The molecule has 1 aromatic rings. The van der Waals surface area contributed by atoms with Crippen LogP contribution in [0.15, 0.2) is 18.2 Å². The van der Waals surface area contributed by atoms with E-state index in [4.69, 9.17) is 10.2 Å². The monoisotopic (exact) mass is 307 g/mol. The third-order valence-corrected chi connectivity index (χ3v) is 3.39. The molecule has 0 aliphatic carbocycles. The molecule has 0 saturated heterocycles. The summed E-state index contributed by atoms with van der Waals surface area (Å²) in [5, 5.41) is 18.2. The number of anilines is 1. The summed E-state index contributed by atoms with van der Waals surface area (Å²) in [6, 6.07) is 4.50. The first-order valence-electron chi connectivity index (χ1n) is 7.15. The fraction of sp³-hybridized carbons (Fsp3) is 0.438. The number of rotatable bonds is 7. The molecular formula is C16H21NO5. The number of hydrogen-bond donors (Lipinski definition) is 2. The first kappa shape index (κ1) is 17.7. The van der Waals surface area contributed by atoms with E-state index in [2.05, 4.69) is 0 Å². The van der Waals surface area contributed by atoms with Crippen molar-refractivity contribution in [3.8, 4) is 0 Å². The number of benzene rings is 1. The minimum Gasteiger partial charge on any atom is -0.481 e. The molecule has 6 nitrogen and oxygen atoms in total. The highest BCUT2D eigenvalue weighted by atomic mass is 16.4. The molecule has 2 N–H and O–H groups in total. The molecule has 22 heavy (non-hydrogen) atoms. The van der Waals surface area contributed by atoms with Gasteiger partial charge in [0.15, 0.2) is 0 Å². The number of aromatic carboxylic acids is 1. The van der Waals surface area contributed by atoms with E-state index in [-0.39, 0.29) is 24.4 Å². The molecule has 0 radical (unpaired) electrons. The van der Waals surface area contributed by atoms with E-state index in [1.165, 1.54) is 24.0 Å². The molecule has 0 bridgehead atoms. The number of aliphatic carboxylic acids is 1. The summed E-state index contributed by atoms with van der Waals surface area (Å²) in [6.45, 7) is 5.15. The van der Waals surface area contributed by atoms with Gasteiger partial charge in [-0.05, 0) is 31.0 Å². The standard InChI is InChI=1S/C16H21NO5/c1-4-5-14(18)17(9-11(3)15(19)20)13-8-12(16(21)22)7-6-10(13)2/h6-8,11H,4-5,9H2,1-3H3,(H,19,20)(H,21,22). The number of hydrogen-bond acceptors (Lipinski definition) is 3. The Kier molecular flexibility index (Phi) is 6.10. The average Bonchev–Trinajstić information content (AvgIpc) is 2.45. The highest BCUT2D eigenvalue weighted by Gasteiger charge is 2.23. The molecule has 0 heterocycles. The van der Waals surface area contributed by atoms with Crippen molar-refractivity contribution in [3.05, 3.63) is 29.3 Å². The zero-order valence-electron chi connectivity index (χ0n) is 13.0. The highest BCUT2D eigenvalue weighted by molar-refractivity contribution is 5.97. The Hall–Kier alpha value is -2.37. The number of amides is 1. The van der Waals surface area contributed by atoms with Crippen molar-refractivity contribution in [2.24, 2.45) is 5.92 Å². The van der Waals surface area contributed by atoms with Gasteiger partial charge in [-0.2, -0.15) is 0 Å². The largest absolute Gasteiger partial charge is 0.481 e. The molecule has 1 rings (SSSR count). The summed E-state index contributed by atoms with van der Waals surface area (Å²) in [4.78, 5) is 35.9. The molecule has 1 atom stereocenters. The molecule has 0 aliphatic rings. The second-order valence-corrected chi connectivity index (χ2v) is 5.30. The second-order valence-electron chi connectivity index (χ2n) is 5.30. The van der Waals surface area contributed by atoms with E-state index in [1.807, 2.05) is 6.92 Å². The van der Waals surface area contributed by atoms with E-state index in [0.29, 0.717) is 12.1 Å². The topological polar surface area (TPSA) is 94.9 Å². The van der Waals surface area contributed by atoms with Crippen LogP contribution in [0.3, 0.4) is 0 Å². The summed E-state index contributed by atoms with van der Waals surface area (Å²) in [6.07, 6.45) is 0.914. The van der Waals surface area contributed by atoms with Crippen molar-refractivity contribution < 1.29 is 24.6 Å². The van der Waals surface area contributed by atoms with Gasteiger partial charge in [0.25, 0.3) is 0 Å². The Labute approximate surface area is 129 Å². The number of carbonyl (C=O) groups is 3. The fourth-order valence-corrected chi connectivity index (χ4v) is 2.07. The van der Waals surface area contributed by atoms with Crippen LogP contribution in [-0.4, -0.2) is 34.6 Å². The second kappa shape index (κ2) is 7.59. The molecule has 0 saturated carbocycles. The molecule has 120 valence electrons. The van der Waals surface area contributed by atoms with Crippen LogP contribution in [0.2, 0.25) is 0 Å².